The fourth-order valence-corrected chi connectivity index (χ4v) is 3.19. The number of carbonyl (C=O) groups is 1. The summed E-state index contributed by atoms with van der Waals surface area (Å²) < 4.78 is 1.46. The summed E-state index contributed by atoms with van der Waals surface area (Å²) in [5, 5.41) is 3.23. The van der Waals surface area contributed by atoms with Gasteiger partial charge in [0.1, 0.15) is 11.5 Å². The van der Waals surface area contributed by atoms with Gasteiger partial charge in [-0.15, -0.1) is 0 Å². The molecule has 0 atom stereocenters. The summed E-state index contributed by atoms with van der Waals surface area (Å²) >= 11 is 0. The molecule has 0 spiro atoms. The lowest BCUT2D eigenvalue weighted by Crippen LogP contribution is -2.46. The van der Waals surface area contributed by atoms with E-state index in [2.05, 4.69) is 15.3 Å². The van der Waals surface area contributed by atoms with E-state index >= 15 is 0 Å². The molecule has 1 aliphatic heterocycles. The van der Waals surface area contributed by atoms with E-state index in [-0.39, 0.29) is 11.6 Å². The van der Waals surface area contributed by atoms with Gasteiger partial charge >= 0.3 is 5.69 Å². The highest BCUT2D eigenvalue weighted by Gasteiger charge is 2.27. The van der Waals surface area contributed by atoms with Crippen LogP contribution in [0.1, 0.15) is 10.5 Å². The molecule has 26 heavy (non-hydrogen) atoms. The van der Waals surface area contributed by atoms with Crippen molar-refractivity contribution in [3.8, 4) is 17.1 Å². The van der Waals surface area contributed by atoms with Gasteiger partial charge in [-0.25, -0.2) is 14.3 Å². The zero-order valence-electron chi connectivity index (χ0n) is 14.2. The van der Waals surface area contributed by atoms with E-state index in [1.807, 2.05) is 36.4 Å². The van der Waals surface area contributed by atoms with Crippen LogP contribution in [-0.2, 0) is 0 Å². The Kier molecular flexibility index (Phi) is 4.37. The van der Waals surface area contributed by atoms with Crippen LogP contribution >= 0.6 is 0 Å². The molecule has 7 heteroatoms. The molecule has 2 N–H and O–H groups in total. The number of aromatic nitrogens is 3. The van der Waals surface area contributed by atoms with Crippen molar-refractivity contribution in [2.75, 3.05) is 26.2 Å². The molecule has 4 rings (SSSR count). The average molecular weight is 349 g/mol. The Balaban J connectivity index is 1.89. The number of nitrogens with one attached hydrogen (secondary N) is 2. The number of imidazole rings is 1. The Hall–Kier alpha value is -3.19. The number of benzene rings is 1. The van der Waals surface area contributed by atoms with Gasteiger partial charge < -0.3 is 15.2 Å². The zero-order valence-corrected chi connectivity index (χ0v) is 14.2. The smallest absolute Gasteiger partial charge is 0.332 e. The molecule has 3 aromatic rings. The summed E-state index contributed by atoms with van der Waals surface area (Å²) in [5.41, 5.74) is 1.25. The lowest BCUT2D eigenvalue weighted by Gasteiger charge is -2.27. The monoisotopic (exact) mass is 349 g/mol. The highest BCUT2D eigenvalue weighted by Crippen LogP contribution is 2.25. The highest BCUT2D eigenvalue weighted by atomic mass is 16.2. The number of carbonyl (C=O) groups excluding carboxylic acids is 1. The van der Waals surface area contributed by atoms with Crippen molar-refractivity contribution in [2.24, 2.45) is 0 Å². The predicted octanol–water partition coefficient (Wildman–Crippen LogP) is 1.27. The van der Waals surface area contributed by atoms with Crippen LogP contribution in [0.25, 0.3) is 17.1 Å². The van der Waals surface area contributed by atoms with Crippen molar-refractivity contribution in [2.45, 2.75) is 0 Å². The van der Waals surface area contributed by atoms with Gasteiger partial charge in [-0.3, -0.25) is 4.79 Å². The van der Waals surface area contributed by atoms with Crippen LogP contribution in [0.5, 0.6) is 0 Å². The number of piperazine rings is 1. The molecule has 1 amide bonds. The quantitative estimate of drug-likeness (QED) is 0.746. The SMILES string of the molecule is O=C(c1[nH]c(=O)n(-c2ccccn2)c1-c1ccccc1)N1CCNCC1. The highest BCUT2D eigenvalue weighted by molar-refractivity contribution is 5.98. The fraction of sp³-hybridized carbons (Fsp3) is 0.211. The van der Waals surface area contributed by atoms with Gasteiger partial charge in [0, 0.05) is 37.9 Å². The molecule has 1 aromatic carbocycles. The molecule has 0 bridgehead atoms. The van der Waals surface area contributed by atoms with Gasteiger partial charge in [0.05, 0.1) is 5.69 Å². The third kappa shape index (κ3) is 2.93. The maximum atomic E-state index is 13.1. The summed E-state index contributed by atoms with van der Waals surface area (Å²) in [6, 6.07) is 14.8. The largest absolute Gasteiger partial charge is 0.335 e. The molecule has 3 heterocycles. The second-order valence-electron chi connectivity index (χ2n) is 6.09. The van der Waals surface area contributed by atoms with Crippen LogP contribution in [0, 0.1) is 0 Å². The zero-order chi connectivity index (χ0) is 17.9. The summed E-state index contributed by atoms with van der Waals surface area (Å²) in [4.78, 5) is 34.6. The van der Waals surface area contributed by atoms with E-state index < -0.39 is 0 Å². The van der Waals surface area contributed by atoms with E-state index in [9.17, 15) is 9.59 Å². The number of rotatable bonds is 3. The first kappa shape index (κ1) is 16.3. The number of H-pyrrole nitrogens is 1. The van der Waals surface area contributed by atoms with Crippen molar-refractivity contribution in [1.82, 2.24) is 24.8 Å². The van der Waals surface area contributed by atoms with Crippen LogP contribution in [0.15, 0.2) is 59.5 Å². The number of aromatic amines is 1. The van der Waals surface area contributed by atoms with E-state index in [4.69, 9.17) is 0 Å². The van der Waals surface area contributed by atoms with Crippen molar-refractivity contribution in [3.05, 3.63) is 70.9 Å². The molecule has 1 aliphatic rings. The van der Waals surface area contributed by atoms with Crippen LogP contribution in [0.4, 0.5) is 0 Å². The standard InChI is InChI=1S/C19H19N5O2/c25-18(23-12-10-20-11-13-23)16-17(14-6-2-1-3-7-14)24(19(26)22-16)15-8-4-5-9-21-15/h1-9,20H,10-13H2,(H,22,26). The average Bonchev–Trinajstić information content (AvgIpc) is 3.06. The number of hydrogen-bond donors (Lipinski definition) is 2. The van der Waals surface area contributed by atoms with Crippen molar-refractivity contribution in [3.63, 3.8) is 0 Å². The van der Waals surface area contributed by atoms with Gasteiger partial charge in [-0.05, 0) is 12.1 Å². The second kappa shape index (κ2) is 6.97. The minimum absolute atomic E-state index is 0.169. The Labute approximate surface area is 150 Å². The third-order valence-electron chi connectivity index (χ3n) is 4.44. The number of amides is 1. The van der Waals surface area contributed by atoms with Crippen LogP contribution in [-0.4, -0.2) is 51.5 Å². The minimum Gasteiger partial charge on any atom is -0.335 e. The fourth-order valence-electron chi connectivity index (χ4n) is 3.19. The first-order valence-electron chi connectivity index (χ1n) is 8.57. The third-order valence-corrected chi connectivity index (χ3v) is 4.44. The Morgan fingerprint density at radius 3 is 2.42 bits per heavy atom. The van der Waals surface area contributed by atoms with Crippen LogP contribution in [0.3, 0.4) is 0 Å². The second-order valence-corrected chi connectivity index (χ2v) is 6.09. The number of pyridine rings is 1. The maximum Gasteiger partial charge on any atom is 0.332 e. The summed E-state index contributed by atoms with van der Waals surface area (Å²) in [6.45, 7) is 2.73. The molecule has 0 radical (unpaired) electrons. The van der Waals surface area contributed by atoms with Gasteiger partial charge in [-0.2, -0.15) is 0 Å². The molecule has 0 aliphatic carbocycles. The molecule has 1 saturated heterocycles. The minimum atomic E-state index is -0.374. The molecular weight excluding hydrogens is 330 g/mol. The van der Waals surface area contributed by atoms with Crippen molar-refractivity contribution in [1.29, 1.82) is 0 Å². The van der Waals surface area contributed by atoms with Crippen molar-refractivity contribution >= 4 is 5.91 Å². The van der Waals surface area contributed by atoms with Crippen LogP contribution < -0.4 is 11.0 Å². The first-order valence-corrected chi connectivity index (χ1v) is 8.57. The van der Waals surface area contributed by atoms with Crippen LogP contribution in [0.2, 0.25) is 0 Å². The molecule has 132 valence electrons. The molecular formula is C19H19N5O2. The van der Waals surface area contributed by atoms with Gasteiger partial charge in [0.25, 0.3) is 5.91 Å². The molecule has 0 unspecified atom stereocenters. The van der Waals surface area contributed by atoms with Gasteiger partial charge in [0.15, 0.2) is 0 Å². The Morgan fingerprint density at radius 2 is 1.73 bits per heavy atom. The molecule has 2 aromatic heterocycles. The van der Waals surface area contributed by atoms with Crippen molar-refractivity contribution < 1.29 is 4.79 Å². The summed E-state index contributed by atoms with van der Waals surface area (Å²) in [5.74, 6) is 0.309. The summed E-state index contributed by atoms with van der Waals surface area (Å²) in [6.07, 6.45) is 1.63. The first-order chi connectivity index (χ1) is 12.8. The predicted molar refractivity (Wildman–Crippen MR) is 98.4 cm³/mol. The van der Waals surface area contributed by atoms with E-state index in [1.54, 1.807) is 23.2 Å². The maximum absolute atomic E-state index is 13.1. The Morgan fingerprint density at radius 1 is 1.00 bits per heavy atom. The molecule has 0 saturated carbocycles. The number of hydrogen-bond acceptors (Lipinski definition) is 4. The van der Waals surface area contributed by atoms with E-state index in [1.165, 1.54) is 4.57 Å². The lowest BCUT2D eigenvalue weighted by atomic mass is 10.1. The van der Waals surface area contributed by atoms with Gasteiger partial charge in [0.2, 0.25) is 0 Å². The lowest BCUT2D eigenvalue weighted by molar-refractivity contribution is 0.0731. The molecule has 1 fully saturated rings. The van der Waals surface area contributed by atoms with E-state index in [0.717, 1.165) is 18.7 Å². The topological polar surface area (TPSA) is 83.0 Å². The van der Waals surface area contributed by atoms with E-state index in [0.29, 0.717) is 30.3 Å². The summed E-state index contributed by atoms with van der Waals surface area (Å²) in [7, 11) is 0. The molecule has 7 nitrogen and oxygen atoms in total. The van der Waals surface area contributed by atoms with Gasteiger partial charge in [-0.1, -0.05) is 36.4 Å². The normalized spacial score (nSPS) is 14.4. The Bertz CT molecular complexity index is 957. The number of nitrogens with zero attached hydrogens (tertiary/aromatic N) is 3.